The molecule has 0 aromatic carbocycles. The number of rotatable bonds is 3. The van der Waals surface area contributed by atoms with Crippen LogP contribution in [0.3, 0.4) is 0 Å². The maximum absolute atomic E-state index is 12.7. The lowest BCUT2D eigenvalue weighted by atomic mass is 9.77. The zero-order valence-electron chi connectivity index (χ0n) is 15.9. The molecule has 1 aliphatic carbocycles. The molecule has 2 aromatic rings. The largest absolute Gasteiger partial charge is 0.348 e. The predicted molar refractivity (Wildman–Crippen MR) is 102 cm³/mol. The van der Waals surface area contributed by atoms with Gasteiger partial charge in [-0.2, -0.15) is 15.5 Å². The fraction of sp³-hybridized carbons (Fsp3) is 0.450. The van der Waals surface area contributed by atoms with E-state index in [1.807, 2.05) is 13.0 Å². The number of hydrazine groups is 1. The van der Waals surface area contributed by atoms with Crippen LogP contribution in [-0.2, 0) is 0 Å². The number of aryl methyl sites for hydroxylation is 2. The molecule has 28 heavy (non-hydrogen) atoms. The molecule has 8 nitrogen and oxygen atoms in total. The minimum absolute atomic E-state index is 0.0886. The molecule has 1 amide bonds. The minimum Gasteiger partial charge on any atom is -0.348 e. The monoisotopic (exact) mass is 377 g/mol. The van der Waals surface area contributed by atoms with E-state index in [4.69, 9.17) is 5.26 Å². The molecule has 0 radical (unpaired) electrons. The van der Waals surface area contributed by atoms with Crippen LogP contribution in [0.2, 0.25) is 0 Å². The summed E-state index contributed by atoms with van der Waals surface area (Å²) in [5, 5.41) is 20.2. The molecular formula is C20H23N7O. The molecule has 0 bridgehead atoms. The zero-order valence-corrected chi connectivity index (χ0v) is 15.9. The Bertz CT molecular complexity index is 938. The van der Waals surface area contributed by atoms with Crippen molar-refractivity contribution in [3.8, 4) is 6.07 Å². The van der Waals surface area contributed by atoms with Crippen molar-refractivity contribution in [2.45, 2.75) is 51.2 Å². The van der Waals surface area contributed by atoms with Crippen molar-refractivity contribution < 1.29 is 4.79 Å². The van der Waals surface area contributed by atoms with E-state index in [2.05, 4.69) is 37.4 Å². The third kappa shape index (κ3) is 3.59. The molecule has 4 atom stereocenters. The molecule has 4 rings (SSSR count). The third-order valence-corrected chi connectivity index (χ3v) is 5.67. The Labute approximate surface area is 163 Å². The Balaban J connectivity index is 1.46. The lowest BCUT2D eigenvalue weighted by molar-refractivity contribution is 0.0909. The quantitative estimate of drug-likeness (QED) is 0.742. The molecule has 1 aliphatic heterocycles. The number of nitrogens with one attached hydrogen (secondary N) is 3. The van der Waals surface area contributed by atoms with Gasteiger partial charge in [0.1, 0.15) is 11.8 Å². The van der Waals surface area contributed by atoms with Crippen LogP contribution in [-0.4, -0.2) is 33.2 Å². The van der Waals surface area contributed by atoms with Gasteiger partial charge in [-0.25, -0.2) is 10.4 Å². The summed E-state index contributed by atoms with van der Waals surface area (Å²) >= 11 is 0. The summed E-state index contributed by atoms with van der Waals surface area (Å²) in [5.74, 6) is 0.181. The summed E-state index contributed by atoms with van der Waals surface area (Å²) in [5.41, 5.74) is 10.4. The van der Waals surface area contributed by atoms with Gasteiger partial charge in [-0.1, -0.05) is 0 Å². The standard InChI is InChI=1S/C20H23N7O/c1-11-5-13(8-21)9-22-18(11)20(28)24-15-3-4-17-16(7-15)19(27-26-17)14-6-12(2)25-23-10-14/h5-6,9-10,15-17,19,26-27H,3-4,7H2,1-2H3,(H,24,28). The van der Waals surface area contributed by atoms with Crippen LogP contribution in [0, 0.1) is 31.1 Å². The maximum Gasteiger partial charge on any atom is 0.270 e. The number of pyridine rings is 1. The Hall–Kier alpha value is -2.89. The average molecular weight is 377 g/mol. The van der Waals surface area contributed by atoms with Gasteiger partial charge in [0.25, 0.3) is 5.91 Å². The first-order valence-electron chi connectivity index (χ1n) is 9.53. The molecule has 8 heteroatoms. The highest BCUT2D eigenvalue weighted by molar-refractivity contribution is 5.93. The summed E-state index contributed by atoms with van der Waals surface area (Å²) < 4.78 is 0. The van der Waals surface area contributed by atoms with E-state index >= 15 is 0 Å². The molecule has 4 unspecified atom stereocenters. The molecule has 2 fully saturated rings. The van der Waals surface area contributed by atoms with Crippen molar-refractivity contribution >= 4 is 5.91 Å². The van der Waals surface area contributed by atoms with Gasteiger partial charge >= 0.3 is 0 Å². The van der Waals surface area contributed by atoms with E-state index in [0.29, 0.717) is 28.8 Å². The molecule has 2 aromatic heterocycles. The third-order valence-electron chi connectivity index (χ3n) is 5.67. The highest BCUT2D eigenvalue weighted by Crippen LogP contribution is 2.38. The fourth-order valence-corrected chi connectivity index (χ4v) is 4.31. The Morgan fingerprint density at radius 1 is 1.25 bits per heavy atom. The van der Waals surface area contributed by atoms with Crippen LogP contribution >= 0.6 is 0 Å². The second-order valence-electron chi connectivity index (χ2n) is 7.65. The van der Waals surface area contributed by atoms with Gasteiger partial charge in [0.15, 0.2) is 0 Å². The van der Waals surface area contributed by atoms with E-state index in [-0.39, 0.29) is 18.0 Å². The van der Waals surface area contributed by atoms with Gasteiger partial charge in [0, 0.05) is 18.3 Å². The zero-order chi connectivity index (χ0) is 19.7. The van der Waals surface area contributed by atoms with Crippen LogP contribution < -0.4 is 16.2 Å². The number of carbonyl (C=O) groups excluding carboxylic acids is 1. The number of aromatic nitrogens is 3. The SMILES string of the molecule is Cc1cc(C2NNC3CCC(NC(=O)c4ncc(C#N)cc4C)CC32)cnn1. The van der Waals surface area contributed by atoms with Crippen LogP contribution in [0.5, 0.6) is 0 Å². The molecular weight excluding hydrogens is 354 g/mol. The Morgan fingerprint density at radius 3 is 2.86 bits per heavy atom. The predicted octanol–water partition coefficient (Wildman–Crippen LogP) is 1.48. The summed E-state index contributed by atoms with van der Waals surface area (Å²) in [6, 6.07) is 6.41. The highest BCUT2D eigenvalue weighted by atomic mass is 16.1. The van der Waals surface area contributed by atoms with Gasteiger partial charge in [0.2, 0.25) is 0 Å². The molecule has 1 saturated heterocycles. The van der Waals surface area contributed by atoms with Gasteiger partial charge in [-0.3, -0.25) is 10.2 Å². The summed E-state index contributed by atoms with van der Waals surface area (Å²) in [6.45, 7) is 3.74. The highest BCUT2D eigenvalue weighted by Gasteiger charge is 2.41. The lowest BCUT2D eigenvalue weighted by Crippen LogP contribution is -2.44. The average Bonchev–Trinajstić information content (AvgIpc) is 3.11. The summed E-state index contributed by atoms with van der Waals surface area (Å²) in [6.07, 6.45) is 6.02. The van der Waals surface area contributed by atoms with E-state index in [0.717, 1.165) is 30.5 Å². The van der Waals surface area contributed by atoms with Crippen LogP contribution in [0.15, 0.2) is 24.5 Å². The van der Waals surface area contributed by atoms with Crippen molar-refractivity contribution in [3.05, 3.63) is 52.6 Å². The van der Waals surface area contributed by atoms with Crippen LogP contribution in [0.4, 0.5) is 0 Å². The van der Waals surface area contributed by atoms with Gasteiger partial charge in [-0.15, -0.1) is 0 Å². The number of fused-ring (bicyclic) bond motifs is 1. The van der Waals surface area contributed by atoms with Gasteiger partial charge in [0.05, 0.1) is 23.5 Å². The molecule has 144 valence electrons. The van der Waals surface area contributed by atoms with Crippen molar-refractivity contribution in [3.63, 3.8) is 0 Å². The number of amides is 1. The first-order valence-corrected chi connectivity index (χ1v) is 9.53. The topological polar surface area (TPSA) is 116 Å². The lowest BCUT2D eigenvalue weighted by Gasteiger charge is -2.33. The number of hydrogen-bond acceptors (Lipinski definition) is 7. The van der Waals surface area contributed by atoms with Gasteiger partial charge in [-0.05, 0) is 62.3 Å². The molecule has 3 N–H and O–H groups in total. The van der Waals surface area contributed by atoms with Gasteiger partial charge < -0.3 is 5.32 Å². The fourth-order valence-electron chi connectivity index (χ4n) is 4.31. The van der Waals surface area contributed by atoms with E-state index in [1.54, 1.807) is 19.2 Å². The van der Waals surface area contributed by atoms with E-state index in [1.165, 1.54) is 6.20 Å². The van der Waals surface area contributed by atoms with Crippen molar-refractivity contribution in [2.24, 2.45) is 5.92 Å². The molecule has 0 spiro atoms. The van der Waals surface area contributed by atoms with E-state index < -0.39 is 0 Å². The van der Waals surface area contributed by atoms with E-state index in [9.17, 15) is 4.79 Å². The maximum atomic E-state index is 12.7. The second kappa shape index (κ2) is 7.62. The minimum atomic E-state index is -0.178. The van der Waals surface area contributed by atoms with Crippen LogP contribution in [0.1, 0.15) is 58.2 Å². The van der Waals surface area contributed by atoms with Crippen molar-refractivity contribution in [1.82, 2.24) is 31.3 Å². The molecule has 1 saturated carbocycles. The Kier molecular flexibility index (Phi) is 5.03. The summed E-state index contributed by atoms with van der Waals surface area (Å²) in [4.78, 5) is 16.9. The first-order chi connectivity index (χ1) is 13.5. The summed E-state index contributed by atoms with van der Waals surface area (Å²) in [7, 11) is 0. The molecule has 3 heterocycles. The smallest absolute Gasteiger partial charge is 0.270 e. The van der Waals surface area contributed by atoms with Crippen molar-refractivity contribution in [2.75, 3.05) is 0 Å². The normalized spacial score (nSPS) is 26.3. The molecule has 2 aliphatic rings. The number of hydrogen-bond donors (Lipinski definition) is 3. The number of nitrogens with zero attached hydrogens (tertiary/aromatic N) is 4. The number of carbonyl (C=O) groups is 1. The Morgan fingerprint density at radius 2 is 2.11 bits per heavy atom. The number of nitriles is 1. The van der Waals surface area contributed by atoms with Crippen molar-refractivity contribution in [1.29, 1.82) is 5.26 Å². The second-order valence-corrected chi connectivity index (χ2v) is 7.65. The van der Waals surface area contributed by atoms with Crippen LogP contribution in [0.25, 0.3) is 0 Å². The first kappa shape index (κ1) is 18.5.